The van der Waals surface area contributed by atoms with Crippen LogP contribution in [0.25, 0.3) is 17.4 Å². The first-order valence-electron chi connectivity index (χ1n) is 7.38. The number of aromatic hydroxyl groups is 2. The van der Waals surface area contributed by atoms with Gasteiger partial charge in [0.1, 0.15) is 11.5 Å². The van der Waals surface area contributed by atoms with Crippen molar-refractivity contribution in [3.63, 3.8) is 0 Å². The minimum atomic E-state index is -0.467. The molecule has 1 aliphatic rings. The van der Waals surface area contributed by atoms with Crippen LogP contribution in [0.1, 0.15) is 16.1 Å². The van der Waals surface area contributed by atoms with Crippen LogP contribution in [-0.2, 0) is 0 Å². The Labute approximate surface area is 147 Å². The summed E-state index contributed by atoms with van der Waals surface area (Å²) in [6.07, 6.45) is 1.43. The van der Waals surface area contributed by atoms with Gasteiger partial charge in [0, 0.05) is 11.6 Å². The van der Waals surface area contributed by atoms with E-state index in [9.17, 15) is 15.0 Å². The van der Waals surface area contributed by atoms with Crippen LogP contribution in [0.2, 0.25) is 5.02 Å². The summed E-state index contributed by atoms with van der Waals surface area (Å²) in [7, 11) is 0. The smallest absolute Gasteiger partial charge is 0.232 e. The van der Waals surface area contributed by atoms with E-state index in [0.29, 0.717) is 16.5 Å². The lowest BCUT2D eigenvalue weighted by atomic mass is 10.1. The lowest BCUT2D eigenvalue weighted by Gasteiger charge is -2.02. The second kappa shape index (κ2) is 5.72. The predicted molar refractivity (Wildman–Crippen MR) is 91.9 cm³/mol. The van der Waals surface area contributed by atoms with Gasteiger partial charge in [-0.1, -0.05) is 23.7 Å². The molecule has 1 aliphatic heterocycles. The van der Waals surface area contributed by atoms with E-state index in [1.165, 1.54) is 18.2 Å². The maximum absolute atomic E-state index is 12.3. The van der Waals surface area contributed by atoms with E-state index >= 15 is 0 Å². The van der Waals surface area contributed by atoms with E-state index in [2.05, 4.69) is 0 Å². The number of hydrogen-bond donors (Lipinski definition) is 2. The largest absolute Gasteiger partial charge is 0.504 e. The van der Waals surface area contributed by atoms with Crippen molar-refractivity contribution in [3.8, 4) is 28.6 Å². The van der Waals surface area contributed by atoms with E-state index in [4.69, 9.17) is 20.8 Å². The van der Waals surface area contributed by atoms with Crippen LogP contribution in [0, 0.1) is 0 Å². The molecule has 0 saturated heterocycles. The number of allylic oxidation sites excluding steroid dienone is 1. The summed E-state index contributed by atoms with van der Waals surface area (Å²) in [6.45, 7) is 0. The number of carbonyl (C=O) groups excluding carboxylic acids is 1. The highest BCUT2D eigenvalue weighted by molar-refractivity contribution is 6.33. The minimum Gasteiger partial charge on any atom is -0.504 e. The molecule has 0 atom stereocenters. The molecule has 6 heteroatoms. The van der Waals surface area contributed by atoms with Gasteiger partial charge in [0.15, 0.2) is 17.3 Å². The fourth-order valence-corrected chi connectivity index (χ4v) is 2.82. The van der Waals surface area contributed by atoms with Crippen molar-refractivity contribution in [1.82, 2.24) is 0 Å². The Hall–Kier alpha value is -3.18. The summed E-state index contributed by atoms with van der Waals surface area (Å²) >= 11 is 6.15. The Morgan fingerprint density at radius 3 is 2.56 bits per heavy atom. The predicted octanol–water partition coefficient (Wildman–Crippen LogP) is 4.63. The molecule has 0 fully saturated rings. The fraction of sp³-hybridized carbons (Fsp3) is 0. The van der Waals surface area contributed by atoms with Crippen LogP contribution in [0.15, 0.2) is 58.7 Å². The average Bonchev–Trinajstić information content (AvgIpc) is 3.18. The van der Waals surface area contributed by atoms with Crippen molar-refractivity contribution in [1.29, 1.82) is 0 Å². The van der Waals surface area contributed by atoms with Crippen LogP contribution in [-0.4, -0.2) is 16.0 Å². The van der Waals surface area contributed by atoms with Gasteiger partial charge in [0.05, 0.1) is 10.6 Å². The highest BCUT2D eigenvalue weighted by atomic mass is 35.5. The van der Waals surface area contributed by atoms with Gasteiger partial charge in [-0.15, -0.1) is 0 Å². The Kier molecular flexibility index (Phi) is 3.51. The molecule has 1 aromatic heterocycles. The number of hydrogen-bond acceptors (Lipinski definition) is 5. The number of phenols is 2. The average molecular weight is 355 g/mol. The number of rotatable bonds is 2. The van der Waals surface area contributed by atoms with E-state index < -0.39 is 11.5 Å². The lowest BCUT2D eigenvalue weighted by molar-refractivity contribution is 0.101. The second-order valence-corrected chi connectivity index (χ2v) is 5.84. The molecular formula is C19H11ClO5. The first kappa shape index (κ1) is 15.4. The van der Waals surface area contributed by atoms with E-state index in [1.54, 1.807) is 18.2 Å². The van der Waals surface area contributed by atoms with Gasteiger partial charge in [0.2, 0.25) is 11.5 Å². The standard InChI is InChI=1S/C19H11ClO5/c20-13-4-2-1-3-11(13)15-8-5-10(24-15)9-16-17(22)12-6-7-14(21)18(23)19(12)25-16/h1-9,21,23H. The SMILES string of the molecule is O=C1C(=Cc2ccc(-c3ccccc3Cl)o2)Oc2c1ccc(O)c2O. The summed E-state index contributed by atoms with van der Waals surface area (Å²) in [5, 5.41) is 19.9. The number of furan rings is 1. The minimum absolute atomic E-state index is 0.00374. The molecule has 0 bridgehead atoms. The van der Waals surface area contributed by atoms with Crippen LogP contribution >= 0.6 is 11.6 Å². The van der Waals surface area contributed by atoms with E-state index in [-0.39, 0.29) is 22.8 Å². The fourth-order valence-electron chi connectivity index (χ4n) is 2.59. The van der Waals surface area contributed by atoms with Crippen LogP contribution in [0.3, 0.4) is 0 Å². The molecule has 5 nitrogen and oxygen atoms in total. The molecule has 0 saturated carbocycles. The van der Waals surface area contributed by atoms with Crippen molar-refractivity contribution in [2.75, 3.05) is 0 Å². The van der Waals surface area contributed by atoms with Crippen molar-refractivity contribution < 1.29 is 24.2 Å². The number of Topliss-reactive ketones (excluding diaryl/α,β-unsaturated/α-hetero) is 1. The third-order valence-corrected chi connectivity index (χ3v) is 4.16. The zero-order valence-electron chi connectivity index (χ0n) is 12.7. The normalized spacial score (nSPS) is 14.6. The Morgan fingerprint density at radius 2 is 1.76 bits per heavy atom. The molecule has 25 heavy (non-hydrogen) atoms. The first-order chi connectivity index (χ1) is 12.0. The highest BCUT2D eigenvalue weighted by Crippen LogP contribution is 2.44. The van der Waals surface area contributed by atoms with Crippen molar-refractivity contribution >= 4 is 23.5 Å². The summed E-state index contributed by atoms with van der Waals surface area (Å²) in [4.78, 5) is 12.3. The van der Waals surface area contributed by atoms with Crippen molar-refractivity contribution in [2.45, 2.75) is 0 Å². The molecule has 0 radical (unpaired) electrons. The quantitative estimate of drug-likeness (QED) is 0.518. The van der Waals surface area contributed by atoms with Crippen LogP contribution in [0.5, 0.6) is 17.2 Å². The molecule has 2 heterocycles. The molecule has 3 aromatic rings. The van der Waals surface area contributed by atoms with Gasteiger partial charge in [-0.25, -0.2) is 0 Å². The number of halogens is 1. The Morgan fingerprint density at radius 1 is 0.960 bits per heavy atom. The van der Waals surface area contributed by atoms with Gasteiger partial charge >= 0.3 is 0 Å². The topological polar surface area (TPSA) is 79.9 Å². The Balaban J connectivity index is 1.68. The number of ether oxygens (including phenoxy) is 1. The Bertz CT molecular complexity index is 1030. The van der Waals surface area contributed by atoms with E-state index in [0.717, 1.165) is 5.56 Å². The molecule has 124 valence electrons. The van der Waals surface area contributed by atoms with Gasteiger partial charge in [-0.2, -0.15) is 0 Å². The molecule has 0 unspecified atom stereocenters. The van der Waals surface area contributed by atoms with Gasteiger partial charge in [0.25, 0.3) is 0 Å². The maximum atomic E-state index is 12.3. The molecule has 4 rings (SSSR count). The highest BCUT2D eigenvalue weighted by Gasteiger charge is 2.31. The third-order valence-electron chi connectivity index (χ3n) is 3.83. The summed E-state index contributed by atoms with van der Waals surface area (Å²) < 4.78 is 11.1. The number of phenolic OH excluding ortho intramolecular Hbond substituents is 2. The van der Waals surface area contributed by atoms with Crippen LogP contribution in [0.4, 0.5) is 0 Å². The van der Waals surface area contributed by atoms with Crippen molar-refractivity contribution in [2.24, 2.45) is 0 Å². The van der Waals surface area contributed by atoms with Crippen LogP contribution < -0.4 is 4.74 Å². The number of benzene rings is 2. The van der Waals surface area contributed by atoms with Gasteiger partial charge < -0.3 is 19.4 Å². The molecule has 2 N–H and O–H groups in total. The van der Waals surface area contributed by atoms with Gasteiger partial charge in [-0.05, 0) is 36.4 Å². The van der Waals surface area contributed by atoms with Crippen molar-refractivity contribution in [3.05, 3.63) is 70.6 Å². The third kappa shape index (κ3) is 2.55. The molecular weight excluding hydrogens is 344 g/mol. The zero-order chi connectivity index (χ0) is 17.6. The van der Waals surface area contributed by atoms with Gasteiger partial charge in [-0.3, -0.25) is 4.79 Å². The summed E-state index contributed by atoms with van der Waals surface area (Å²) in [6, 6.07) is 13.3. The molecule has 0 amide bonds. The molecule has 0 spiro atoms. The number of carbonyl (C=O) groups is 1. The number of ketones is 1. The number of fused-ring (bicyclic) bond motifs is 1. The first-order valence-corrected chi connectivity index (χ1v) is 7.76. The van der Waals surface area contributed by atoms with E-state index in [1.807, 2.05) is 18.2 Å². The lowest BCUT2D eigenvalue weighted by Crippen LogP contribution is -1.97. The zero-order valence-corrected chi connectivity index (χ0v) is 13.4. The summed E-state index contributed by atoms with van der Waals surface area (Å²) in [5.41, 5.74) is 0.915. The molecule has 0 aliphatic carbocycles. The summed E-state index contributed by atoms with van der Waals surface area (Å²) in [5.74, 6) is -0.334. The second-order valence-electron chi connectivity index (χ2n) is 5.43. The maximum Gasteiger partial charge on any atom is 0.232 e. The monoisotopic (exact) mass is 354 g/mol. The molecule has 2 aromatic carbocycles.